The van der Waals surface area contributed by atoms with E-state index in [9.17, 15) is 0 Å². The first kappa shape index (κ1) is 10.7. The summed E-state index contributed by atoms with van der Waals surface area (Å²) in [6, 6.07) is 2.40. The van der Waals surface area contributed by atoms with Crippen LogP contribution in [0.15, 0.2) is 16.7 Å². The Kier molecular flexibility index (Phi) is 3.41. The Bertz CT molecular complexity index is 311. The second-order valence-electron chi connectivity index (χ2n) is 3.97. The van der Waals surface area contributed by atoms with E-state index in [1.807, 2.05) is 6.07 Å². The van der Waals surface area contributed by atoms with Crippen molar-refractivity contribution in [2.24, 2.45) is 5.73 Å². The fourth-order valence-corrected chi connectivity index (χ4v) is 1.87. The zero-order valence-corrected chi connectivity index (χ0v) is 9.11. The third-order valence-electron chi connectivity index (χ3n) is 2.91. The van der Waals surface area contributed by atoms with Gasteiger partial charge in [0.1, 0.15) is 5.76 Å². The van der Waals surface area contributed by atoms with E-state index in [1.54, 1.807) is 6.26 Å². The summed E-state index contributed by atoms with van der Waals surface area (Å²) >= 11 is 0. The maximum Gasteiger partial charge on any atom is 0.122 e. The number of rotatable bonds is 3. The number of ether oxygens (including phenoxy) is 1. The molecule has 1 atom stereocenters. The Balaban J connectivity index is 2.01. The van der Waals surface area contributed by atoms with E-state index in [-0.39, 0.29) is 0 Å². The SMILES string of the molecule is CC1COCCN1Cc1occc1CN. The summed E-state index contributed by atoms with van der Waals surface area (Å²) in [4.78, 5) is 2.36. The van der Waals surface area contributed by atoms with Crippen LogP contribution in [0.3, 0.4) is 0 Å². The number of furan rings is 1. The van der Waals surface area contributed by atoms with Gasteiger partial charge in [0.25, 0.3) is 0 Å². The van der Waals surface area contributed by atoms with E-state index in [2.05, 4.69) is 11.8 Å². The molecule has 1 fully saturated rings. The van der Waals surface area contributed by atoms with Gasteiger partial charge in [0, 0.05) is 24.7 Å². The van der Waals surface area contributed by atoms with Gasteiger partial charge >= 0.3 is 0 Å². The van der Waals surface area contributed by atoms with Crippen molar-refractivity contribution in [1.82, 2.24) is 4.90 Å². The molecule has 4 heteroatoms. The van der Waals surface area contributed by atoms with Crippen molar-refractivity contribution in [3.05, 3.63) is 23.7 Å². The lowest BCUT2D eigenvalue weighted by atomic mass is 10.2. The molecular formula is C11H18N2O2. The van der Waals surface area contributed by atoms with Gasteiger partial charge in [-0.15, -0.1) is 0 Å². The van der Waals surface area contributed by atoms with Crippen LogP contribution in [0.4, 0.5) is 0 Å². The summed E-state index contributed by atoms with van der Waals surface area (Å²) in [6.45, 7) is 6.13. The van der Waals surface area contributed by atoms with Crippen molar-refractivity contribution in [2.75, 3.05) is 19.8 Å². The zero-order chi connectivity index (χ0) is 10.7. The Morgan fingerprint density at radius 2 is 2.47 bits per heavy atom. The van der Waals surface area contributed by atoms with Crippen LogP contribution in [0, 0.1) is 0 Å². The zero-order valence-electron chi connectivity index (χ0n) is 9.11. The number of nitrogens with two attached hydrogens (primary N) is 1. The summed E-state index contributed by atoms with van der Waals surface area (Å²) in [7, 11) is 0. The summed E-state index contributed by atoms with van der Waals surface area (Å²) in [5.41, 5.74) is 6.74. The molecule has 0 amide bonds. The van der Waals surface area contributed by atoms with E-state index in [0.717, 1.165) is 37.6 Å². The van der Waals surface area contributed by atoms with E-state index in [4.69, 9.17) is 14.9 Å². The van der Waals surface area contributed by atoms with Crippen molar-refractivity contribution >= 4 is 0 Å². The van der Waals surface area contributed by atoms with Crippen LogP contribution in [0.25, 0.3) is 0 Å². The molecular weight excluding hydrogens is 192 g/mol. The summed E-state index contributed by atoms with van der Waals surface area (Å²) in [5, 5.41) is 0. The molecule has 0 aliphatic carbocycles. The molecule has 0 saturated carbocycles. The molecule has 1 saturated heterocycles. The van der Waals surface area contributed by atoms with Gasteiger partial charge in [-0.3, -0.25) is 4.90 Å². The topological polar surface area (TPSA) is 51.6 Å². The average Bonchev–Trinajstić information content (AvgIpc) is 2.69. The molecule has 0 radical (unpaired) electrons. The molecule has 1 aliphatic rings. The van der Waals surface area contributed by atoms with Crippen LogP contribution >= 0.6 is 0 Å². The molecule has 4 nitrogen and oxygen atoms in total. The molecule has 1 aliphatic heterocycles. The molecule has 1 aromatic heterocycles. The van der Waals surface area contributed by atoms with Gasteiger partial charge in [-0.25, -0.2) is 0 Å². The van der Waals surface area contributed by atoms with Gasteiger partial charge in [0.2, 0.25) is 0 Å². The summed E-state index contributed by atoms with van der Waals surface area (Å²) < 4.78 is 10.8. The van der Waals surface area contributed by atoms with Gasteiger partial charge in [-0.2, -0.15) is 0 Å². The molecule has 1 unspecified atom stereocenters. The standard InChI is InChI=1S/C11H18N2O2/c1-9-8-14-5-3-13(9)7-11-10(6-12)2-4-15-11/h2,4,9H,3,5-8,12H2,1H3. The highest BCUT2D eigenvalue weighted by Gasteiger charge is 2.20. The average molecular weight is 210 g/mol. The molecule has 2 heterocycles. The minimum atomic E-state index is 0.453. The number of hydrogen-bond donors (Lipinski definition) is 1. The lowest BCUT2D eigenvalue weighted by Gasteiger charge is -2.32. The van der Waals surface area contributed by atoms with E-state index in [1.165, 1.54) is 0 Å². The molecule has 2 N–H and O–H groups in total. The van der Waals surface area contributed by atoms with Crippen LogP contribution in [0.2, 0.25) is 0 Å². The third kappa shape index (κ3) is 2.40. The molecule has 15 heavy (non-hydrogen) atoms. The van der Waals surface area contributed by atoms with E-state index in [0.29, 0.717) is 12.6 Å². The van der Waals surface area contributed by atoms with Crippen molar-refractivity contribution < 1.29 is 9.15 Å². The second-order valence-corrected chi connectivity index (χ2v) is 3.97. The van der Waals surface area contributed by atoms with Crippen molar-refractivity contribution in [1.29, 1.82) is 0 Å². The maximum atomic E-state index is 5.63. The van der Waals surface area contributed by atoms with Crippen LogP contribution in [-0.4, -0.2) is 30.7 Å². The molecule has 0 spiro atoms. The lowest BCUT2D eigenvalue weighted by molar-refractivity contribution is -0.00723. The predicted octanol–water partition coefficient (Wildman–Crippen LogP) is 0.959. The quantitative estimate of drug-likeness (QED) is 0.807. The van der Waals surface area contributed by atoms with Crippen molar-refractivity contribution in [3.63, 3.8) is 0 Å². The lowest BCUT2D eigenvalue weighted by Crippen LogP contribution is -2.43. The number of nitrogens with zero attached hydrogens (tertiary/aromatic N) is 1. The van der Waals surface area contributed by atoms with Crippen LogP contribution in [0.5, 0.6) is 0 Å². The molecule has 84 valence electrons. The van der Waals surface area contributed by atoms with Gasteiger partial charge in [0.05, 0.1) is 26.0 Å². The van der Waals surface area contributed by atoms with Gasteiger partial charge in [0.15, 0.2) is 0 Å². The highest BCUT2D eigenvalue weighted by Crippen LogP contribution is 2.16. The normalized spacial score (nSPS) is 23.2. The molecule has 2 rings (SSSR count). The first-order valence-electron chi connectivity index (χ1n) is 5.38. The van der Waals surface area contributed by atoms with Crippen LogP contribution in [-0.2, 0) is 17.8 Å². The predicted molar refractivity (Wildman–Crippen MR) is 57.3 cm³/mol. The molecule has 0 aromatic carbocycles. The Hall–Kier alpha value is -0.840. The highest BCUT2D eigenvalue weighted by atomic mass is 16.5. The first-order chi connectivity index (χ1) is 7.31. The monoisotopic (exact) mass is 210 g/mol. The van der Waals surface area contributed by atoms with E-state index < -0.39 is 0 Å². The van der Waals surface area contributed by atoms with Gasteiger partial charge in [-0.05, 0) is 13.0 Å². The van der Waals surface area contributed by atoms with Crippen LogP contribution < -0.4 is 5.73 Å². The fourth-order valence-electron chi connectivity index (χ4n) is 1.87. The maximum absolute atomic E-state index is 5.63. The molecule has 0 bridgehead atoms. The Labute approximate surface area is 90.0 Å². The van der Waals surface area contributed by atoms with Crippen molar-refractivity contribution in [2.45, 2.75) is 26.1 Å². The second kappa shape index (κ2) is 4.79. The van der Waals surface area contributed by atoms with Gasteiger partial charge in [-0.1, -0.05) is 0 Å². The minimum absolute atomic E-state index is 0.453. The Morgan fingerprint density at radius 3 is 3.20 bits per heavy atom. The highest BCUT2D eigenvalue weighted by molar-refractivity contribution is 5.16. The minimum Gasteiger partial charge on any atom is -0.468 e. The number of morpholine rings is 1. The van der Waals surface area contributed by atoms with Crippen LogP contribution in [0.1, 0.15) is 18.2 Å². The fraction of sp³-hybridized carbons (Fsp3) is 0.636. The Morgan fingerprint density at radius 1 is 1.60 bits per heavy atom. The first-order valence-corrected chi connectivity index (χ1v) is 5.38. The molecule has 1 aromatic rings. The van der Waals surface area contributed by atoms with E-state index >= 15 is 0 Å². The van der Waals surface area contributed by atoms with Gasteiger partial charge < -0.3 is 14.9 Å². The largest absolute Gasteiger partial charge is 0.468 e. The summed E-state index contributed by atoms with van der Waals surface area (Å²) in [5.74, 6) is 0.992. The summed E-state index contributed by atoms with van der Waals surface area (Å²) in [6.07, 6.45) is 1.71. The third-order valence-corrected chi connectivity index (χ3v) is 2.91. The smallest absolute Gasteiger partial charge is 0.122 e. The number of hydrogen-bond acceptors (Lipinski definition) is 4. The van der Waals surface area contributed by atoms with Crippen molar-refractivity contribution in [3.8, 4) is 0 Å².